The molecule has 0 aliphatic carbocycles. The van der Waals surface area contributed by atoms with E-state index in [1.54, 1.807) is 30.3 Å². The van der Waals surface area contributed by atoms with Gasteiger partial charge in [0, 0.05) is 12.1 Å². The number of aryl methyl sites for hydroxylation is 1. The summed E-state index contributed by atoms with van der Waals surface area (Å²) in [6.45, 7) is 1.96. The quantitative estimate of drug-likeness (QED) is 0.491. The standard InChI is InChI=1S/C24H19FN2O/c1-17-6-12-22(13-7-17)27-24(28)21(16-26)15-19-10-8-18(9-11-19)14-20-4-2-3-5-23(20)25/h2-13,15H,14H2,1H3,(H,27,28)/b21-15+. The molecule has 1 amide bonds. The van der Waals surface area contributed by atoms with Gasteiger partial charge in [0.25, 0.3) is 5.91 Å². The molecule has 3 aromatic rings. The molecule has 138 valence electrons. The average Bonchev–Trinajstić information content (AvgIpc) is 2.70. The number of carbonyl (C=O) groups is 1. The summed E-state index contributed by atoms with van der Waals surface area (Å²) in [6.07, 6.45) is 2.02. The highest BCUT2D eigenvalue weighted by Crippen LogP contribution is 2.16. The SMILES string of the molecule is Cc1ccc(NC(=O)/C(C#N)=C/c2ccc(Cc3ccccc3F)cc2)cc1. The molecule has 3 rings (SSSR count). The summed E-state index contributed by atoms with van der Waals surface area (Å²) in [5.41, 5.74) is 4.04. The molecule has 0 bridgehead atoms. The van der Waals surface area contributed by atoms with Crippen LogP contribution in [0.5, 0.6) is 0 Å². The Balaban J connectivity index is 1.72. The smallest absolute Gasteiger partial charge is 0.266 e. The first-order chi connectivity index (χ1) is 13.5. The zero-order chi connectivity index (χ0) is 19.9. The van der Waals surface area contributed by atoms with E-state index >= 15 is 0 Å². The topological polar surface area (TPSA) is 52.9 Å². The van der Waals surface area contributed by atoms with Crippen molar-refractivity contribution in [3.63, 3.8) is 0 Å². The summed E-state index contributed by atoms with van der Waals surface area (Å²) in [4.78, 5) is 12.3. The Hall–Kier alpha value is -3.71. The van der Waals surface area contributed by atoms with Gasteiger partial charge in [-0.2, -0.15) is 5.26 Å². The second-order valence-corrected chi connectivity index (χ2v) is 6.50. The number of hydrogen-bond acceptors (Lipinski definition) is 2. The van der Waals surface area contributed by atoms with Crippen LogP contribution in [0.1, 0.15) is 22.3 Å². The number of amides is 1. The zero-order valence-corrected chi connectivity index (χ0v) is 15.4. The summed E-state index contributed by atoms with van der Waals surface area (Å²) in [5.74, 6) is -0.687. The van der Waals surface area contributed by atoms with Crippen molar-refractivity contribution in [1.82, 2.24) is 0 Å². The molecular formula is C24H19FN2O. The highest BCUT2D eigenvalue weighted by molar-refractivity contribution is 6.09. The van der Waals surface area contributed by atoms with Gasteiger partial charge in [-0.15, -0.1) is 0 Å². The molecule has 3 aromatic carbocycles. The predicted molar refractivity (Wildman–Crippen MR) is 109 cm³/mol. The van der Waals surface area contributed by atoms with Crippen LogP contribution < -0.4 is 5.32 Å². The van der Waals surface area contributed by atoms with Gasteiger partial charge in [0.15, 0.2) is 0 Å². The number of nitrogens with one attached hydrogen (secondary N) is 1. The van der Waals surface area contributed by atoms with Crippen LogP contribution in [-0.2, 0) is 11.2 Å². The van der Waals surface area contributed by atoms with E-state index in [4.69, 9.17) is 0 Å². The minimum atomic E-state index is -0.457. The van der Waals surface area contributed by atoms with Crippen molar-refractivity contribution in [3.05, 3.63) is 106 Å². The van der Waals surface area contributed by atoms with E-state index in [2.05, 4.69) is 5.32 Å². The van der Waals surface area contributed by atoms with Crippen LogP contribution in [0.4, 0.5) is 10.1 Å². The molecule has 0 heterocycles. The third-order valence-corrected chi connectivity index (χ3v) is 4.32. The molecule has 0 saturated heterocycles. The van der Waals surface area contributed by atoms with Crippen LogP contribution in [0.2, 0.25) is 0 Å². The number of anilines is 1. The molecule has 0 aliphatic rings. The van der Waals surface area contributed by atoms with E-state index < -0.39 is 5.91 Å². The Labute approximate surface area is 163 Å². The molecule has 4 heteroatoms. The van der Waals surface area contributed by atoms with Gasteiger partial charge in [-0.1, -0.05) is 60.2 Å². The average molecular weight is 370 g/mol. The van der Waals surface area contributed by atoms with Crippen LogP contribution >= 0.6 is 0 Å². The molecule has 0 aromatic heterocycles. The summed E-state index contributed by atoms with van der Waals surface area (Å²) in [7, 11) is 0. The van der Waals surface area contributed by atoms with E-state index in [9.17, 15) is 14.4 Å². The van der Waals surface area contributed by atoms with Gasteiger partial charge in [-0.3, -0.25) is 4.79 Å². The summed E-state index contributed by atoms with van der Waals surface area (Å²) in [6, 6.07) is 23.3. The lowest BCUT2D eigenvalue weighted by Crippen LogP contribution is -2.13. The van der Waals surface area contributed by atoms with Gasteiger partial charge in [0.2, 0.25) is 0 Å². The normalized spacial score (nSPS) is 11.0. The molecular weight excluding hydrogens is 351 g/mol. The third kappa shape index (κ3) is 4.93. The Kier molecular flexibility index (Phi) is 5.98. The first-order valence-corrected chi connectivity index (χ1v) is 8.87. The largest absolute Gasteiger partial charge is 0.321 e. The molecule has 0 fully saturated rings. The maximum atomic E-state index is 13.8. The molecule has 0 radical (unpaired) electrons. The summed E-state index contributed by atoms with van der Waals surface area (Å²) < 4.78 is 13.8. The predicted octanol–water partition coefficient (Wildman–Crippen LogP) is 5.27. The molecule has 0 atom stereocenters. The van der Waals surface area contributed by atoms with Crippen molar-refractivity contribution in [1.29, 1.82) is 5.26 Å². The fourth-order valence-corrected chi connectivity index (χ4v) is 2.74. The van der Waals surface area contributed by atoms with Crippen molar-refractivity contribution in [2.45, 2.75) is 13.3 Å². The maximum Gasteiger partial charge on any atom is 0.266 e. The summed E-state index contributed by atoms with van der Waals surface area (Å²) in [5, 5.41) is 12.1. The minimum Gasteiger partial charge on any atom is -0.321 e. The number of benzene rings is 3. The second-order valence-electron chi connectivity index (χ2n) is 6.50. The van der Waals surface area contributed by atoms with Gasteiger partial charge in [-0.05, 0) is 47.9 Å². The molecule has 0 aliphatic heterocycles. The van der Waals surface area contributed by atoms with Crippen molar-refractivity contribution in [3.8, 4) is 6.07 Å². The number of nitrogens with zero attached hydrogens (tertiary/aromatic N) is 1. The maximum absolute atomic E-state index is 13.8. The highest BCUT2D eigenvalue weighted by atomic mass is 19.1. The minimum absolute atomic E-state index is 0.0161. The first-order valence-electron chi connectivity index (χ1n) is 8.87. The Morgan fingerprint density at radius 2 is 1.71 bits per heavy atom. The van der Waals surface area contributed by atoms with Crippen molar-refractivity contribution >= 4 is 17.7 Å². The Bertz CT molecular complexity index is 1050. The van der Waals surface area contributed by atoms with Crippen LogP contribution in [0, 0.1) is 24.1 Å². The van der Waals surface area contributed by atoms with Gasteiger partial charge < -0.3 is 5.32 Å². The lowest BCUT2D eigenvalue weighted by atomic mass is 10.0. The Morgan fingerprint density at radius 3 is 2.36 bits per heavy atom. The Morgan fingerprint density at radius 1 is 1.04 bits per heavy atom. The van der Waals surface area contributed by atoms with Crippen LogP contribution in [-0.4, -0.2) is 5.91 Å². The van der Waals surface area contributed by atoms with Crippen molar-refractivity contribution < 1.29 is 9.18 Å². The molecule has 0 spiro atoms. The number of halogens is 1. The fraction of sp³-hybridized carbons (Fsp3) is 0.0833. The second kappa shape index (κ2) is 8.79. The third-order valence-electron chi connectivity index (χ3n) is 4.32. The first kappa shape index (κ1) is 19.1. The van der Waals surface area contributed by atoms with Gasteiger partial charge in [0.1, 0.15) is 17.5 Å². The number of nitriles is 1. The molecule has 0 saturated carbocycles. The molecule has 28 heavy (non-hydrogen) atoms. The van der Waals surface area contributed by atoms with Gasteiger partial charge >= 0.3 is 0 Å². The van der Waals surface area contributed by atoms with E-state index in [1.165, 1.54) is 12.1 Å². The molecule has 3 nitrogen and oxygen atoms in total. The highest BCUT2D eigenvalue weighted by Gasteiger charge is 2.09. The summed E-state index contributed by atoms with van der Waals surface area (Å²) >= 11 is 0. The zero-order valence-electron chi connectivity index (χ0n) is 15.4. The fourth-order valence-electron chi connectivity index (χ4n) is 2.74. The number of carbonyl (C=O) groups excluding carboxylic acids is 1. The molecule has 0 unspecified atom stereocenters. The van der Waals surface area contributed by atoms with Crippen molar-refractivity contribution in [2.24, 2.45) is 0 Å². The van der Waals surface area contributed by atoms with E-state index in [-0.39, 0.29) is 11.4 Å². The van der Waals surface area contributed by atoms with Crippen LogP contribution in [0.3, 0.4) is 0 Å². The lowest BCUT2D eigenvalue weighted by molar-refractivity contribution is -0.112. The van der Waals surface area contributed by atoms with E-state index in [0.29, 0.717) is 17.7 Å². The lowest BCUT2D eigenvalue weighted by Gasteiger charge is -2.06. The molecule has 1 N–H and O–H groups in total. The van der Waals surface area contributed by atoms with Crippen molar-refractivity contribution in [2.75, 3.05) is 5.32 Å². The monoisotopic (exact) mass is 370 g/mol. The number of hydrogen-bond donors (Lipinski definition) is 1. The van der Waals surface area contributed by atoms with Crippen LogP contribution in [0.15, 0.2) is 78.4 Å². The van der Waals surface area contributed by atoms with Gasteiger partial charge in [0.05, 0.1) is 0 Å². The van der Waals surface area contributed by atoms with Gasteiger partial charge in [-0.25, -0.2) is 4.39 Å². The van der Waals surface area contributed by atoms with E-state index in [1.807, 2.05) is 49.4 Å². The van der Waals surface area contributed by atoms with Crippen LogP contribution in [0.25, 0.3) is 6.08 Å². The van der Waals surface area contributed by atoms with E-state index in [0.717, 1.165) is 16.7 Å². The number of rotatable bonds is 5.